The maximum atomic E-state index is 12.2. The minimum Gasteiger partial charge on any atom is -0.328 e. The van der Waals surface area contributed by atoms with Gasteiger partial charge < -0.3 is 10.6 Å². The average molecular weight is 238 g/mol. The van der Waals surface area contributed by atoms with E-state index in [-0.39, 0.29) is 11.8 Å². The molecule has 4 heteroatoms. The minimum atomic E-state index is 0.173. The van der Waals surface area contributed by atoms with E-state index in [1.165, 1.54) is 0 Å². The molecule has 2 N–H and O–H groups in total. The molecule has 1 aliphatic rings. The van der Waals surface area contributed by atoms with Crippen molar-refractivity contribution in [1.29, 1.82) is 0 Å². The molecule has 1 amide bonds. The van der Waals surface area contributed by atoms with Gasteiger partial charge in [-0.2, -0.15) is 0 Å². The third-order valence-electron chi connectivity index (χ3n) is 3.29. The van der Waals surface area contributed by atoms with Gasteiger partial charge in [-0.15, -0.1) is 11.3 Å². The smallest absolute Gasteiger partial charge is 0.230 e. The molecule has 0 atom stereocenters. The highest BCUT2D eigenvalue weighted by Gasteiger charge is 2.27. The fraction of sp³-hybridized carbons (Fsp3) is 0.583. The number of hydrogen-bond acceptors (Lipinski definition) is 3. The standard InChI is InChI=1S/C12H18N2OS/c1-14(11-3-2-8-16-11)12(15)9-4-6-10(13)7-5-9/h2-3,8-10H,4-7,13H2,1H3. The van der Waals surface area contributed by atoms with Crippen molar-refractivity contribution in [2.45, 2.75) is 31.7 Å². The Bertz CT molecular complexity index is 342. The second kappa shape index (κ2) is 4.97. The fourth-order valence-electron chi connectivity index (χ4n) is 2.21. The lowest BCUT2D eigenvalue weighted by atomic mass is 9.85. The number of nitrogens with two attached hydrogens (primary N) is 1. The van der Waals surface area contributed by atoms with Crippen molar-refractivity contribution in [2.24, 2.45) is 11.7 Å². The number of carbonyl (C=O) groups is 1. The van der Waals surface area contributed by atoms with Crippen LogP contribution in [-0.2, 0) is 4.79 Å². The number of anilines is 1. The molecule has 2 rings (SSSR count). The third kappa shape index (κ3) is 2.44. The second-order valence-electron chi connectivity index (χ2n) is 4.46. The molecule has 0 saturated heterocycles. The molecule has 0 aromatic carbocycles. The molecule has 88 valence electrons. The van der Waals surface area contributed by atoms with E-state index in [1.807, 2.05) is 24.6 Å². The van der Waals surface area contributed by atoms with Crippen LogP contribution in [0.15, 0.2) is 17.5 Å². The van der Waals surface area contributed by atoms with E-state index >= 15 is 0 Å². The number of rotatable bonds is 2. The lowest BCUT2D eigenvalue weighted by Gasteiger charge is -2.28. The SMILES string of the molecule is CN(C(=O)C1CCC(N)CC1)c1cccs1. The van der Waals surface area contributed by atoms with Gasteiger partial charge in [-0.05, 0) is 43.2 Å². The number of amides is 1. The molecule has 0 radical (unpaired) electrons. The summed E-state index contributed by atoms with van der Waals surface area (Å²) in [7, 11) is 1.86. The molecular formula is C12H18N2OS. The molecule has 1 fully saturated rings. The first-order chi connectivity index (χ1) is 7.68. The van der Waals surface area contributed by atoms with Crippen molar-refractivity contribution >= 4 is 22.2 Å². The minimum absolute atomic E-state index is 0.173. The van der Waals surface area contributed by atoms with Crippen LogP contribution in [0.5, 0.6) is 0 Å². The van der Waals surface area contributed by atoms with Gasteiger partial charge >= 0.3 is 0 Å². The first-order valence-corrected chi connectivity index (χ1v) is 6.63. The van der Waals surface area contributed by atoms with Gasteiger partial charge in [-0.1, -0.05) is 0 Å². The summed E-state index contributed by atoms with van der Waals surface area (Å²) < 4.78 is 0. The molecule has 1 aliphatic carbocycles. The fourth-order valence-corrected chi connectivity index (χ4v) is 2.91. The van der Waals surface area contributed by atoms with Crippen LogP contribution in [0, 0.1) is 5.92 Å². The Balaban J connectivity index is 1.97. The average Bonchev–Trinajstić information content (AvgIpc) is 2.81. The molecule has 0 spiro atoms. The molecule has 1 saturated carbocycles. The number of nitrogens with zero attached hydrogens (tertiary/aromatic N) is 1. The van der Waals surface area contributed by atoms with Crippen molar-refractivity contribution < 1.29 is 4.79 Å². The Morgan fingerprint density at radius 2 is 2.12 bits per heavy atom. The van der Waals surface area contributed by atoms with Crippen molar-refractivity contribution in [2.75, 3.05) is 11.9 Å². The van der Waals surface area contributed by atoms with E-state index in [1.54, 1.807) is 16.2 Å². The predicted octanol–water partition coefficient (Wildman–Crippen LogP) is 2.23. The van der Waals surface area contributed by atoms with Crippen molar-refractivity contribution in [3.8, 4) is 0 Å². The maximum absolute atomic E-state index is 12.2. The first kappa shape index (κ1) is 11.6. The maximum Gasteiger partial charge on any atom is 0.230 e. The van der Waals surface area contributed by atoms with Gasteiger partial charge in [0.2, 0.25) is 5.91 Å². The van der Waals surface area contributed by atoms with Crippen LogP contribution < -0.4 is 10.6 Å². The van der Waals surface area contributed by atoms with Crippen molar-refractivity contribution in [3.05, 3.63) is 17.5 Å². The Morgan fingerprint density at radius 1 is 1.44 bits per heavy atom. The zero-order valence-electron chi connectivity index (χ0n) is 9.56. The van der Waals surface area contributed by atoms with Crippen LogP contribution in [0.3, 0.4) is 0 Å². The van der Waals surface area contributed by atoms with E-state index in [0.717, 1.165) is 30.7 Å². The molecule has 1 aromatic heterocycles. The van der Waals surface area contributed by atoms with Gasteiger partial charge in [-0.3, -0.25) is 4.79 Å². The van der Waals surface area contributed by atoms with Gasteiger partial charge in [0.05, 0.1) is 5.00 Å². The van der Waals surface area contributed by atoms with E-state index in [0.29, 0.717) is 6.04 Å². The Hall–Kier alpha value is -0.870. The Labute approximate surface area is 100 Å². The normalized spacial score (nSPS) is 25.4. The van der Waals surface area contributed by atoms with Crippen molar-refractivity contribution in [1.82, 2.24) is 0 Å². The third-order valence-corrected chi connectivity index (χ3v) is 4.23. The lowest BCUT2D eigenvalue weighted by molar-refractivity contribution is -0.123. The molecule has 0 bridgehead atoms. The van der Waals surface area contributed by atoms with E-state index in [9.17, 15) is 4.79 Å². The Kier molecular flexibility index (Phi) is 3.61. The van der Waals surface area contributed by atoms with Gasteiger partial charge in [0.25, 0.3) is 0 Å². The lowest BCUT2D eigenvalue weighted by Crippen LogP contribution is -2.37. The van der Waals surface area contributed by atoms with Gasteiger partial charge in [0.15, 0.2) is 0 Å². The second-order valence-corrected chi connectivity index (χ2v) is 5.39. The van der Waals surface area contributed by atoms with Crippen LogP contribution in [-0.4, -0.2) is 19.0 Å². The summed E-state index contributed by atoms with van der Waals surface area (Å²) in [5, 5.41) is 3.02. The highest BCUT2D eigenvalue weighted by molar-refractivity contribution is 7.14. The summed E-state index contributed by atoms with van der Waals surface area (Å²) in [6.45, 7) is 0. The predicted molar refractivity (Wildman–Crippen MR) is 67.7 cm³/mol. The number of thiophene rings is 1. The molecule has 3 nitrogen and oxygen atoms in total. The zero-order chi connectivity index (χ0) is 11.5. The van der Waals surface area contributed by atoms with Crippen LogP contribution in [0.25, 0.3) is 0 Å². The van der Waals surface area contributed by atoms with Crippen molar-refractivity contribution in [3.63, 3.8) is 0 Å². The molecule has 16 heavy (non-hydrogen) atoms. The van der Waals surface area contributed by atoms with E-state index in [2.05, 4.69) is 0 Å². The largest absolute Gasteiger partial charge is 0.328 e. The van der Waals surface area contributed by atoms with Crippen LogP contribution in [0.2, 0.25) is 0 Å². The summed E-state index contributed by atoms with van der Waals surface area (Å²) in [5.41, 5.74) is 5.84. The van der Waals surface area contributed by atoms with Gasteiger partial charge in [0.1, 0.15) is 0 Å². The summed E-state index contributed by atoms with van der Waals surface area (Å²) >= 11 is 1.60. The highest BCUT2D eigenvalue weighted by Crippen LogP contribution is 2.28. The highest BCUT2D eigenvalue weighted by atomic mass is 32.1. The van der Waals surface area contributed by atoms with Crippen LogP contribution >= 0.6 is 11.3 Å². The molecule has 1 heterocycles. The molecule has 0 unspecified atom stereocenters. The Morgan fingerprint density at radius 3 is 2.69 bits per heavy atom. The number of hydrogen-bond donors (Lipinski definition) is 1. The van der Waals surface area contributed by atoms with E-state index in [4.69, 9.17) is 5.73 Å². The zero-order valence-corrected chi connectivity index (χ0v) is 10.4. The summed E-state index contributed by atoms with van der Waals surface area (Å²) in [6, 6.07) is 4.26. The topological polar surface area (TPSA) is 46.3 Å². The van der Waals surface area contributed by atoms with Gasteiger partial charge in [-0.25, -0.2) is 0 Å². The molecule has 1 aromatic rings. The monoisotopic (exact) mass is 238 g/mol. The van der Waals surface area contributed by atoms with Gasteiger partial charge in [0, 0.05) is 19.0 Å². The summed E-state index contributed by atoms with van der Waals surface area (Å²) in [6.07, 6.45) is 3.84. The molecule has 0 aliphatic heterocycles. The van der Waals surface area contributed by atoms with E-state index < -0.39 is 0 Å². The number of carbonyl (C=O) groups excluding carboxylic acids is 1. The quantitative estimate of drug-likeness (QED) is 0.858. The first-order valence-electron chi connectivity index (χ1n) is 5.75. The van der Waals surface area contributed by atoms with Crippen LogP contribution in [0.4, 0.5) is 5.00 Å². The summed E-state index contributed by atoms with van der Waals surface area (Å²) in [5.74, 6) is 0.418. The summed E-state index contributed by atoms with van der Waals surface area (Å²) in [4.78, 5) is 14.0. The van der Waals surface area contributed by atoms with Crippen LogP contribution in [0.1, 0.15) is 25.7 Å². The molecular weight excluding hydrogens is 220 g/mol.